The van der Waals surface area contributed by atoms with Crippen LogP contribution in [0.1, 0.15) is 0 Å². The van der Waals surface area contributed by atoms with E-state index in [9.17, 15) is 0 Å². The molecule has 1 rings (SSSR count). The van der Waals surface area contributed by atoms with E-state index in [0.717, 1.165) is 0 Å². The fourth-order valence-electron chi connectivity index (χ4n) is 0.394. The highest BCUT2D eigenvalue weighted by atomic mass is 127. The fourth-order valence-corrected chi connectivity index (χ4v) is 2.01. The van der Waals surface area contributed by atoms with Crippen molar-refractivity contribution in [1.82, 2.24) is 5.43 Å². The van der Waals surface area contributed by atoms with Gasteiger partial charge >= 0.3 is 0 Å². The van der Waals surface area contributed by atoms with Gasteiger partial charge in [0, 0.05) is 0 Å². The third kappa shape index (κ3) is 1.32. The molecule has 1 aliphatic heterocycles. The highest BCUT2D eigenvalue weighted by Gasteiger charge is 1.96. The average Bonchev–Trinajstić information content (AvgIpc) is 2.14. The molecule has 0 aromatic rings. The van der Waals surface area contributed by atoms with Crippen LogP contribution in [-0.4, -0.2) is 8.06 Å². The molecule has 0 spiro atoms. The first-order valence-electron chi connectivity index (χ1n) is 2.01. The maximum absolute atomic E-state index is 5.14. The van der Waals surface area contributed by atoms with Crippen molar-refractivity contribution in [2.24, 2.45) is 5.84 Å². The smallest absolute Gasteiger partial charge is 0.0860 e. The van der Waals surface area contributed by atoms with Gasteiger partial charge in [0.15, 0.2) is 0 Å². The molecule has 1 atom stereocenters. The zero-order chi connectivity index (χ0) is 5.11. The van der Waals surface area contributed by atoms with Crippen molar-refractivity contribution in [3.8, 4) is 0 Å². The van der Waals surface area contributed by atoms with Crippen LogP contribution in [0.5, 0.6) is 0 Å². The molecule has 0 amide bonds. The molecule has 1 unspecified atom stereocenters. The Morgan fingerprint density at radius 3 is 2.86 bits per heavy atom. The van der Waals surface area contributed by atoms with Gasteiger partial charge in [0.25, 0.3) is 0 Å². The second-order valence-corrected chi connectivity index (χ2v) is 3.99. The Balaban J connectivity index is 2.44. The quantitative estimate of drug-likeness (QED) is 0.212. The first kappa shape index (κ1) is 5.40. The molecule has 0 saturated carbocycles. The topological polar surface area (TPSA) is 38.0 Å². The van der Waals surface area contributed by atoms with Crippen molar-refractivity contribution >= 4 is 24.7 Å². The number of rotatable bonds is 1. The Bertz CT molecular complexity index is 96.3. The maximum Gasteiger partial charge on any atom is 0.0860 e. The largest absolute Gasteiger partial charge is 0.270 e. The van der Waals surface area contributed by atoms with Crippen LogP contribution in [0.25, 0.3) is 0 Å². The van der Waals surface area contributed by atoms with Crippen LogP contribution in [0.2, 0.25) is 0 Å². The molecule has 0 aliphatic carbocycles. The molecule has 0 fully saturated rings. The molecule has 1 heterocycles. The lowest BCUT2D eigenvalue weighted by Crippen LogP contribution is -2.27. The molecule has 1 aliphatic rings. The SMILES string of the molecule is NNC1C=CC=I1. The van der Waals surface area contributed by atoms with Crippen molar-refractivity contribution in [3.63, 3.8) is 0 Å². The summed E-state index contributed by atoms with van der Waals surface area (Å²) in [6.07, 6.45) is 4.16. The Morgan fingerprint density at radius 2 is 2.57 bits per heavy atom. The van der Waals surface area contributed by atoms with Crippen LogP contribution in [0.3, 0.4) is 0 Å². The van der Waals surface area contributed by atoms with E-state index in [0.29, 0.717) is 4.05 Å². The lowest BCUT2D eigenvalue weighted by atomic mass is 10.5. The maximum atomic E-state index is 5.14. The summed E-state index contributed by atoms with van der Waals surface area (Å²) >= 11 is 0.204. The van der Waals surface area contributed by atoms with Crippen LogP contribution in [-0.2, 0) is 0 Å². The molecule has 3 N–H and O–H groups in total. The Kier molecular flexibility index (Phi) is 1.96. The lowest BCUT2D eigenvalue weighted by molar-refractivity contribution is 0.802. The molecule has 0 aromatic heterocycles. The monoisotopic (exact) mass is 210 g/mol. The van der Waals surface area contributed by atoms with Crippen LogP contribution >= 0.6 is 20.7 Å². The summed E-state index contributed by atoms with van der Waals surface area (Å²) in [6.45, 7) is 0. The van der Waals surface area contributed by atoms with Gasteiger partial charge in [-0.15, -0.1) is 0 Å². The number of nitrogens with one attached hydrogen (secondary N) is 1. The molecule has 3 heteroatoms. The fraction of sp³-hybridized carbons (Fsp3) is 0.250. The summed E-state index contributed by atoms with van der Waals surface area (Å²) in [4.78, 5) is 0. The minimum absolute atomic E-state index is 0.204. The van der Waals surface area contributed by atoms with E-state index >= 15 is 0 Å². The second kappa shape index (κ2) is 2.54. The summed E-state index contributed by atoms with van der Waals surface area (Å²) in [7, 11) is 0. The standard InChI is InChI=1S/C4H7IN2/c6-7-4-2-1-3-5-4/h1-4,7H,6H2. The van der Waals surface area contributed by atoms with Gasteiger partial charge in [-0.1, -0.05) is 32.9 Å². The normalized spacial score (nSPS) is 27.9. The number of halogens is 1. The van der Waals surface area contributed by atoms with Crippen molar-refractivity contribution in [2.45, 2.75) is 4.05 Å². The number of hydrazine groups is 1. The van der Waals surface area contributed by atoms with E-state index in [2.05, 4.69) is 21.6 Å². The zero-order valence-corrected chi connectivity index (χ0v) is 5.92. The number of nitrogens with two attached hydrogens (primary N) is 1. The van der Waals surface area contributed by atoms with E-state index in [-0.39, 0.29) is 20.7 Å². The highest BCUT2D eigenvalue weighted by molar-refractivity contribution is 14.2. The summed E-state index contributed by atoms with van der Waals surface area (Å²) in [5.41, 5.74) is 2.69. The van der Waals surface area contributed by atoms with E-state index in [1.165, 1.54) is 0 Å². The van der Waals surface area contributed by atoms with Gasteiger partial charge in [-0.25, -0.2) is 5.43 Å². The van der Waals surface area contributed by atoms with Crippen molar-refractivity contribution in [1.29, 1.82) is 0 Å². The Labute approximate surface area is 52.5 Å². The first-order valence-corrected chi connectivity index (χ1v) is 4.51. The molecule has 40 valence electrons. The summed E-state index contributed by atoms with van der Waals surface area (Å²) in [5.74, 6) is 5.14. The van der Waals surface area contributed by atoms with E-state index in [4.69, 9.17) is 5.84 Å². The molecular formula is C4H7IN2. The molecular weight excluding hydrogens is 203 g/mol. The predicted octanol–water partition coefficient (Wildman–Crippen LogP) is 0.119. The van der Waals surface area contributed by atoms with Gasteiger partial charge in [0.05, 0.1) is 4.05 Å². The predicted molar refractivity (Wildman–Crippen MR) is 40.3 cm³/mol. The van der Waals surface area contributed by atoms with Gasteiger partial charge in [-0.3, -0.25) is 5.84 Å². The van der Waals surface area contributed by atoms with Crippen LogP contribution in [0.4, 0.5) is 0 Å². The third-order valence-corrected chi connectivity index (χ3v) is 3.10. The van der Waals surface area contributed by atoms with Crippen LogP contribution < -0.4 is 11.3 Å². The number of hydrogen-bond acceptors (Lipinski definition) is 2. The van der Waals surface area contributed by atoms with Gasteiger partial charge in [0.2, 0.25) is 0 Å². The first-order chi connectivity index (χ1) is 3.43. The van der Waals surface area contributed by atoms with Crippen molar-refractivity contribution < 1.29 is 0 Å². The van der Waals surface area contributed by atoms with Crippen molar-refractivity contribution in [3.05, 3.63) is 12.2 Å². The zero-order valence-electron chi connectivity index (χ0n) is 3.76. The number of hydrogen-bond donors (Lipinski definition) is 2. The number of allylic oxidation sites excluding steroid dienone is 1. The van der Waals surface area contributed by atoms with Gasteiger partial charge in [0.1, 0.15) is 0 Å². The van der Waals surface area contributed by atoms with Gasteiger partial charge in [-0.2, -0.15) is 0 Å². The molecule has 7 heavy (non-hydrogen) atoms. The molecule has 2 nitrogen and oxygen atoms in total. The van der Waals surface area contributed by atoms with Gasteiger partial charge in [-0.05, 0) is 4.01 Å². The molecule has 0 aromatic carbocycles. The molecule has 0 radical (unpaired) electrons. The molecule has 0 bridgehead atoms. The van der Waals surface area contributed by atoms with Crippen molar-refractivity contribution in [2.75, 3.05) is 0 Å². The summed E-state index contributed by atoms with van der Waals surface area (Å²) < 4.78 is 2.70. The van der Waals surface area contributed by atoms with Gasteiger partial charge < -0.3 is 0 Å². The minimum Gasteiger partial charge on any atom is -0.270 e. The second-order valence-electron chi connectivity index (χ2n) is 1.21. The van der Waals surface area contributed by atoms with E-state index in [1.54, 1.807) is 0 Å². The third-order valence-electron chi connectivity index (χ3n) is 0.721. The highest BCUT2D eigenvalue weighted by Crippen LogP contribution is 2.10. The van der Waals surface area contributed by atoms with E-state index in [1.807, 2.05) is 0 Å². The lowest BCUT2D eigenvalue weighted by Gasteiger charge is -1.96. The van der Waals surface area contributed by atoms with E-state index < -0.39 is 0 Å². The summed E-state index contributed by atoms with van der Waals surface area (Å²) in [5, 5.41) is 0. The Morgan fingerprint density at radius 1 is 1.71 bits per heavy atom. The Hall–Kier alpha value is 0.260. The van der Waals surface area contributed by atoms with Crippen LogP contribution in [0.15, 0.2) is 12.2 Å². The molecule has 0 saturated heterocycles. The summed E-state index contributed by atoms with van der Waals surface area (Å²) in [6, 6.07) is 0. The van der Waals surface area contributed by atoms with Crippen LogP contribution in [0, 0.1) is 0 Å². The minimum atomic E-state index is 0.204. The average molecular weight is 210 g/mol. The number of alkyl halides is 1.